The predicted molar refractivity (Wildman–Crippen MR) is 143 cm³/mol. The first-order valence-corrected chi connectivity index (χ1v) is 14.7. The van der Waals surface area contributed by atoms with Crippen LogP contribution in [0.1, 0.15) is 54.2 Å². The monoisotopic (exact) mass is 525 g/mol. The molecule has 36 heavy (non-hydrogen) atoms. The summed E-state index contributed by atoms with van der Waals surface area (Å²) in [6.45, 7) is 12.6. The van der Waals surface area contributed by atoms with Crippen molar-refractivity contribution in [1.29, 1.82) is 10.5 Å². The van der Waals surface area contributed by atoms with Gasteiger partial charge in [0.1, 0.15) is 12.1 Å². The summed E-state index contributed by atoms with van der Waals surface area (Å²) < 4.78 is 6.26. The Bertz CT molecular complexity index is 1210. The highest BCUT2D eigenvalue weighted by Crippen LogP contribution is 2.36. The molecule has 2 rings (SSSR count). The van der Waals surface area contributed by atoms with Gasteiger partial charge in [-0.25, -0.2) is 10.9 Å². The number of carbonyl (C=O) groups excluding carboxylic acids is 2. The molecule has 8 nitrogen and oxygen atoms in total. The average molecular weight is 526 g/mol. The van der Waals surface area contributed by atoms with E-state index in [1.165, 1.54) is 24.3 Å². The van der Waals surface area contributed by atoms with Crippen LogP contribution in [0.5, 0.6) is 0 Å². The van der Waals surface area contributed by atoms with Crippen molar-refractivity contribution < 1.29 is 14.0 Å². The number of nitrogens with one attached hydrogen (secondary N) is 1. The Hall–Kier alpha value is -3.21. The average Bonchev–Trinajstić information content (AvgIpc) is 2.84. The molecule has 0 saturated carbocycles. The van der Waals surface area contributed by atoms with Gasteiger partial charge in [0.15, 0.2) is 8.32 Å². The second-order valence-electron chi connectivity index (χ2n) is 10.0. The van der Waals surface area contributed by atoms with E-state index in [1.54, 1.807) is 19.1 Å². The van der Waals surface area contributed by atoms with Crippen molar-refractivity contribution in [1.82, 2.24) is 5.01 Å². The van der Waals surface area contributed by atoms with Crippen LogP contribution >= 0.6 is 11.6 Å². The van der Waals surface area contributed by atoms with E-state index in [-0.39, 0.29) is 28.7 Å². The first-order valence-electron chi connectivity index (χ1n) is 11.5. The summed E-state index contributed by atoms with van der Waals surface area (Å²) in [6.07, 6.45) is 0.247. The van der Waals surface area contributed by atoms with Crippen LogP contribution in [0.25, 0.3) is 0 Å². The summed E-state index contributed by atoms with van der Waals surface area (Å²) >= 11 is 6.31. The summed E-state index contributed by atoms with van der Waals surface area (Å²) in [5, 5.41) is 22.2. The normalized spacial score (nSPS) is 12.3. The van der Waals surface area contributed by atoms with E-state index in [4.69, 9.17) is 27.1 Å². The summed E-state index contributed by atoms with van der Waals surface area (Å²) in [7, 11) is -2.08. The Morgan fingerprint density at radius 1 is 1.14 bits per heavy atom. The van der Waals surface area contributed by atoms with Gasteiger partial charge in [-0.1, -0.05) is 32.4 Å². The van der Waals surface area contributed by atoms with Gasteiger partial charge in [-0.2, -0.15) is 10.5 Å². The zero-order valence-corrected chi connectivity index (χ0v) is 23.2. The second-order valence-corrected chi connectivity index (χ2v) is 15.2. The van der Waals surface area contributed by atoms with Gasteiger partial charge in [-0.05, 0) is 73.4 Å². The van der Waals surface area contributed by atoms with Gasteiger partial charge in [0.2, 0.25) is 0 Å². The van der Waals surface area contributed by atoms with Crippen molar-refractivity contribution in [2.24, 2.45) is 5.84 Å². The van der Waals surface area contributed by atoms with Crippen LogP contribution in [0.3, 0.4) is 0 Å². The lowest BCUT2D eigenvalue weighted by Crippen LogP contribution is -2.51. The number of hydrogen-bond donors (Lipinski definition) is 2. The van der Waals surface area contributed by atoms with Gasteiger partial charge in [0.05, 0.1) is 22.2 Å². The van der Waals surface area contributed by atoms with Crippen LogP contribution in [0.2, 0.25) is 23.2 Å². The van der Waals surface area contributed by atoms with E-state index < -0.39 is 26.2 Å². The molecule has 0 aliphatic rings. The molecular formula is C26H32ClN5O3Si. The molecule has 0 saturated heterocycles. The Morgan fingerprint density at radius 2 is 1.75 bits per heavy atom. The van der Waals surface area contributed by atoms with Crippen LogP contribution in [0, 0.1) is 29.6 Å². The molecule has 0 bridgehead atoms. The van der Waals surface area contributed by atoms with Crippen LogP contribution in [0.4, 0.5) is 5.69 Å². The lowest BCUT2D eigenvalue weighted by molar-refractivity contribution is -0.130. The molecule has 0 heterocycles. The lowest BCUT2D eigenvalue weighted by Gasteiger charge is -2.36. The van der Waals surface area contributed by atoms with Gasteiger partial charge >= 0.3 is 0 Å². The molecule has 10 heteroatoms. The standard InChI is InChI=1S/C26H32ClN5O3Si/c1-17-21(12-11-20(16-29)23(17)27)31-22(13-14-35-36(5,6)26(2,3)4)25(34)32(30)24(33)19-9-7-18(15-28)8-10-19/h7-12,22,31H,13-14,30H2,1-6H3. The Morgan fingerprint density at radius 3 is 2.28 bits per heavy atom. The smallest absolute Gasteiger partial charge is 0.274 e. The number of carbonyl (C=O) groups is 2. The molecule has 3 N–H and O–H groups in total. The van der Waals surface area contributed by atoms with Crippen LogP contribution in [0.15, 0.2) is 36.4 Å². The van der Waals surface area contributed by atoms with Gasteiger partial charge in [0, 0.05) is 17.9 Å². The third-order valence-corrected chi connectivity index (χ3v) is 11.6. The largest absolute Gasteiger partial charge is 0.417 e. The van der Waals surface area contributed by atoms with Gasteiger partial charge in [-0.15, -0.1) is 0 Å². The molecule has 0 aliphatic carbocycles. The van der Waals surface area contributed by atoms with Gasteiger partial charge in [0.25, 0.3) is 11.8 Å². The predicted octanol–water partition coefficient (Wildman–Crippen LogP) is 5.13. The summed E-state index contributed by atoms with van der Waals surface area (Å²) in [5.74, 6) is 4.64. The van der Waals surface area contributed by atoms with Crippen molar-refractivity contribution in [3.05, 3.63) is 63.7 Å². The number of imide groups is 1. The Labute approximate surface area is 218 Å². The SMILES string of the molecule is Cc1c(NC(CCO[Si](C)(C)C(C)(C)C)C(=O)N(N)C(=O)c2ccc(C#N)cc2)ccc(C#N)c1Cl. The van der Waals surface area contributed by atoms with Crippen molar-refractivity contribution in [2.45, 2.75) is 58.3 Å². The van der Waals surface area contributed by atoms with E-state index >= 15 is 0 Å². The molecule has 2 aromatic carbocycles. The summed E-state index contributed by atoms with van der Waals surface area (Å²) in [5.41, 5.74) is 2.03. The number of amides is 2. The molecule has 0 aliphatic heterocycles. The Kier molecular flexibility index (Phi) is 9.42. The van der Waals surface area contributed by atoms with Gasteiger partial charge in [-0.3, -0.25) is 9.59 Å². The van der Waals surface area contributed by atoms with E-state index in [0.717, 1.165) is 0 Å². The fourth-order valence-electron chi connectivity index (χ4n) is 3.12. The summed E-state index contributed by atoms with van der Waals surface area (Å²) in [4.78, 5) is 26.3. The highest BCUT2D eigenvalue weighted by atomic mass is 35.5. The van der Waals surface area contributed by atoms with E-state index in [2.05, 4.69) is 39.2 Å². The summed E-state index contributed by atoms with van der Waals surface area (Å²) in [6, 6.07) is 12.2. The van der Waals surface area contributed by atoms with E-state index in [9.17, 15) is 14.9 Å². The molecule has 2 aromatic rings. The molecule has 1 atom stereocenters. The molecular weight excluding hydrogens is 494 g/mol. The first kappa shape index (κ1) is 29.0. The maximum absolute atomic E-state index is 13.4. The van der Waals surface area contributed by atoms with Crippen LogP contribution in [-0.4, -0.2) is 37.8 Å². The highest BCUT2D eigenvalue weighted by molar-refractivity contribution is 6.74. The van der Waals surface area contributed by atoms with Crippen LogP contribution in [-0.2, 0) is 9.22 Å². The number of benzene rings is 2. The van der Waals surface area contributed by atoms with Crippen molar-refractivity contribution in [3.8, 4) is 12.1 Å². The maximum Gasteiger partial charge on any atom is 0.274 e. The third kappa shape index (κ3) is 6.71. The van der Waals surface area contributed by atoms with Crippen molar-refractivity contribution in [2.75, 3.05) is 11.9 Å². The molecule has 0 spiro atoms. The molecule has 0 aromatic heterocycles. The zero-order chi connectivity index (χ0) is 27.3. The minimum absolute atomic E-state index is 0.0113. The molecule has 190 valence electrons. The number of nitrogens with zero attached hydrogens (tertiary/aromatic N) is 3. The van der Waals surface area contributed by atoms with Gasteiger partial charge < -0.3 is 9.74 Å². The molecule has 1 unspecified atom stereocenters. The number of hydrogen-bond acceptors (Lipinski definition) is 7. The maximum atomic E-state index is 13.4. The Balaban J connectivity index is 2.31. The molecule has 0 radical (unpaired) electrons. The fourth-order valence-corrected chi connectivity index (χ4v) is 4.38. The van der Waals surface area contributed by atoms with Crippen molar-refractivity contribution in [3.63, 3.8) is 0 Å². The number of halogens is 1. The number of anilines is 1. The number of nitriles is 2. The quantitative estimate of drug-likeness (QED) is 0.211. The molecule has 0 fully saturated rings. The topological polar surface area (TPSA) is 132 Å². The number of rotatable bonds is 8. The highest BCUT2D eigenvalue weighted by Gasteiger charge is 2.37. The van der Waals surface area contributed by atoms with Crippen molar-refractivity contribution >= 4 is 37.4 Å². The zero-order valence-electron chi connectivity index (χ0n) is 21.5. The second kappa shape index (κ2) is 11.7. The lowest BCUT2D eigenvalue weighted by atomic mass is 10.1. The van der Waals surface area contributed by atoms with Crippen LogP contribution < -0.4 is 11.2 Å². The minimum atomic E-state index is -2.08. The first-order chi connectivity index (χ1) is 16.7. The minimum Gasteiger partial charge on any atom is -0.417 e. The number of nitrogens with two attached hydrogens (primary N) is 1. The van der Waals surface area contributed by atoms with E-state index in [0.29, 0.717) is 27.4 Å². The number of hydrazine groups is 1. The van der Waals surface area contributed by atoms with E-state index in [1.807, 2.05) is 12.1 Å². The third-order valence-electron chi connectivity index (χ3n) is 6.53. The fraction of sp³-hybridized carbons (Fsp3) is 0.385. The molecule has 2 amide bonds.